The van der Waals surface area contributed by atoms with Gasteiger partial charge in [0.2, 0.25) is 0 Å². The van der Waals surface area contributed by atoms with E-state index < -0.39 is 8.80 Å². The van der Waals surface area contributed by atoms with Crippen LogP contribution >= 0.6 is 0 Å². The van der Waals surface area contributed by atoms with Gasteiger partial charge in [0.25, 0.3) is 0 Å². The molecule has 5 nitrogen and oxygen atoms in total. The quantitative estimate of drug-likeness (QED) is 0.706. The van der Waals surface area contributed by atoms with Gasteiger partial charge in [-0.2, -0.15) is 0 Å². The minimum absolute atomic E-state index is 0.626. The van der Waals surface area contributed by atoms with Crippen LogP contribution in [0.25, 0.3) is 0 Å². The Bertz CT molecular complexity index is 357. The van der Waals surface area contributed by atoms with Crippen molar-refractivity contribution in [2.24, 2.45) is 0 Å². The summed E-state index contributed by atoms with van der Waals surface area (Å²) >= 11 is 0. The maximum atomic E-state index is 5.41. The first-order chi connectivity index (χ1) is 8.17. The lowest BCUT2D eigenvalue weighted by Crippen LogP contribution is -2.55. The molecule has 0 spiro atoms. The van der Waals surface area contributed by atoms with Gasteiger partial charge in [-0.3, -0.25) is 0 Å². The highest BCUT2D eigenvalue weighted by Gasteiger charge is 2.43. The van der Waals surface area contributed by atoms with Gasteiger partial charge >= 0.3 is 8.80 Å². The molecule has 0 aliphatic rings. The molecule has 1 aromatic rings. The van der Waals surface area contributed by atoms with Crippen molar-refractivity contribution < 1.29 is 22.8 Å². The third kappa shape index (κ3) is 2.60. The summed E-state index contributed by atoms with van der Waals surface area (Å²) in [5.74, 6) is 1.33. The molecule has 0 radical (unpaired) electrons. The first kappa shape index (κ1) is 14.0. The van der Waals surface area contributed by atoms with Gasteiger partial charge in [0.1, 0.15) is 11.5 Å². The lowest BCUT2D eigenvalue weighted by molar-refractivity contribution is 0.139. The Kier molecular flexibility index (Phi) is 4.95. The zero-order valence-corrected chi connectivity index (χ0v) is 11.8. The van der Waals surface area contributed by atoms with Gasteiger partial charge in [0.05, 0.1) is 19.4 Å². The van der Waals surface area contributed by atoms with E-state index in [9.17, 15) is 0 Å². The fraction of sp³-hybridized carbons (Fsp3) is 0.455. The number of hydrogen-bond donors (Lipinski definition) is 0. The summed E-state index contributed by atoms with van der Waals surface area (Å²) in [6.07, 6.45) is 0. The van der Waals surface area contributed by atoms with Gasteiger partial charge in [0, 0.05) is 27.4 Å². The van der Waals surface area contributed by atoms with Gasteiger partial charge in [-0.15, -0.1) is 0 Å². The van der Waals surface area contributed by atoms with E-state index in [0.29, 0.717) is 11.5 Å². The molecule has 0 heterocycles. The first-order valence-electron chi connectivity index (χ1n) is 5.05. The average molecular weight is 258 g/mol. The van der Waals surface area contributed by atoms with Crippen LogP contribution in [0.4, 0.5) is 0 Å². The fourth-order valence-corrected chi connectivity index (χ4v) is 3.55. The van der Waals surface area contributed by atoms with E-state index in [4.69, 9.17) is 22.8 Å². The third-order valence-corrected chi connectivity index (χ3v) is 5.23. The molecule has 6 heteroatoms. The molecule has 96 valence electrons. The predicted octanol–water partition coefficient (Wildman–Crippen LogP) is 0.789. The Hall–Kier alpha value is -1.08. The molecule has 1 aromatic carbocycles. The van der Waals surface area contributed by atoms with E-state index in [1.807, 2.05) is 12.1 Å². The Morgan fingerprint density at radius 1 is 0.824 bits per heavy atom. The molecule has 0 unspecified atom stereocenters. The number of hydrogen-bond acceptors (Lipinski definition) is 5. The Labute approximate surface area is 103 Å². The molecule has 0 atom stereocenters. The van der Waals surface area contributed by atoms with Gasteiger partial charge in [-0.1, -0.05) is 0 Å². The molecular weight excluding hydrogens is 240 g/mol. The van der Waals surface area contributed by atoms with Gasteiger partial charge < -0.3 is 22.8 Å². The van der Waals surface area contributed by atoms with Crippen LogP contribution in [0, 0.1) is 0 Å². The van der Waals surface area contributed by atoms with Crippen LogP contribution in [-0.2, 0) is 13.3 Å². The lowest BCUT2D eigenvalue weighted by atomic mass is 10.3. The van der Waals surface area contributed by atoms with Crippen molar-refractivity contribution in [2.45, 2.75) is 0 Å². The standard InChI is InChI=1S/C11H18O5Si/c1-12-9-6-7-11(10(8-9)13-2)17(14-3,15-4)16-5/h6-8H,1-5H3. The zero-order valence-electron chi connectivity index (χ0n) is 10.8. The lowest BCUT2D eigenvalue weighted by Gasteiger charge is -2.26. The zero-order chi connectivity index (χ0) is 12.9. The first-order valence-corrected chi connectivity index (χ1v) is 6.77. The van der Waals surface area contributed by atoms with Crippen LogP contribution in [0.5, 0.6) is 11.5 Å². The molecule has 0 aromatic heterocycles. The normalized spacial score (nSPS) is 11.4. The van der Waals surface area contributed by atoms with Crippen molar-refractivity contribution in [3.63, 3.8) is 0 Å². The van der Waals surface area contributed by atoms with E-state index in [2.05, 4.69) is 0 Å². The minimum Gasteiger partial charge on any atom is -0.497 e. The molecule has 0 saturated carbocycles. The van der Waals surface area contributed by atoms with Crippen molar-refractivity contribution in [1.82, 2.24) is 0 Å². The molecule has 0 aliphatic heterocycles. The summed E-state index contributed by atoms with van der Waals surface area (Å²) in [6, 6.07) is 5.42. The SMILES string of the molecule is COc1ccc([Si](OC)(OC)OC)c(OC)c1. The second-order valence-corrected chi connectivity index (χ2v) is 6.11. The second-order valence-electron chi connectivity index (χ2n) is 3.23. The Morgan fingerprint density at radius 2 is 1.41 bits per heavy atom. The average Bonchev–Trinajstić information content (AvgIpc) is 2.41. The topological polar surface area (TPSA) is 46.2 Å². The highest BCUT2D eigenvalue weighted by atomic mass is 28.4. The largest absolute Gasteiger partial charge is 0.540 e. The van der Waals surface area contributed by atoms with Crippen LogP contribution in [0.3, 0.4) is 0 Å². The van der Waals surface area contributed by atoms with E-state index in [-0.39, 0.29) is 0 Å². The summed E-state index contributed by atoms with van der Waals surface area (Å²) in [5.41, 5.74) is 0. The summed E-state index contributed by atoms with van der Waals surface area (Å²) < 4.78 is 26.7. The Balaban J connectivity index is 3.28. The number of methoxy groups -OCH3 is 2. The molecule has 0 amide bonds. The summed E-state index contributed by atoms with van der Waals surface area (Å²) in [5, 5.41) is 0.772. The van der Waals surface area contributed by atoms with Crippen LogP contribution in [0.15, 0.2) is 18.2 Å². The predicted molar refractivity (Wildman–Crippen MR) is 66.0 cm³/mol. The van der Waals surface area contributed by atoms with Crippen LogP contribution in [0.1, 0.15) is 0 Å². The van der Waals surface area contributed by atoms with Crippen molar-refractivity contribution in [3.05, 3.63) is 18.2 Å². The molecule has 0 N–H and O–H groups in total. The molecular formula is C11H18O5Si. The molecule has 0 fully saturated rings. The van der Waals surface area contributed by atoms with Crippen LogP contribution < -0.4 is 14.7 Å². The number of benzene rings is 1. The van der Waals surface area contributed by atoms with E-state index in [1.165, 1.54) is 0 Å². The highest BCUT2D eigenvalue weighted by molar-refractivity contribution is 6.76. The van der Waals surface area contributed by atoms with Crippen molar-refractivity contribution in [1.29, 1.82) is 0 Å². The molecule has 1 rings (SSSR count). The van der Waals surface area contributed by atoms with Crippen LogP contribution in [0.2, 0.25) is 0 Å². The van der Waals surface area contributed by atoms with Gasteiger partial charge in [0.15, 0.2) is 0 Å². The van der Waals surface area contributed by atoms with E-state index >= 15 is 0 Å². The minimum atomic E-state index is -2.88. The molecule has 17 heavy (non-hydrogen) atoms. The van der Waals surface area contributed by atoms with Gasteiger partial charge in [-0.05, 0) is 12.1 Å². The highest BCUT2D eigenvalue weighted by Crippen LogP contribution is 2.21. The van der Waals surface area contributed by atoms with E-state index in [1.54, 1.807) is 41.6 Å². The summed E-state index contributed by atoms with van der Waals surface area (Å²) in [6.45, 7) is 0. The Morgan fingerprint density at radius 3 is 1.82 bits per heavy atom. The van der Waals surface area contributed by atoms with Gasteiger partial charge in [-0.25, -0.2) is 0 Å². The van der Waals surface area contributed by atoms with Crippen molar-refractivity contribution in [2.75, 3.05) is 35.5 Å². The number of rotatable bonds is 6. The van der Waals surface area contributed by atoms with Crippen molar-refractivity contribution in [3.8, 4) is 11.5 Å². The molecule has 0 saturated heterocycles. The monoisotopic (exact) mass is 258 g/mol. The van der Waals surface area contributed by atoms with Crippen LogP contribution in [-0.4, -0.2) is 44.4 Å². The maximum absolute atomic E-state index is 5.41. The summed E-state index contributed by atoms with van der Waals surface area (Å²) in [4.78, 5) is 0. The summed E-state index contributed by atoms with van der Waals surface area (Å²) in [7, 11) is 4.98. The fourth-order valence-electron chi connectivity index (χ4n) is 1.63. The number of ether oxygens (including phenoxy) is 2. The smallest absolute Gasteiger partial charge is 0.497 e. The molecule has 0 aliphatic carbocycles. The molecule has 0 bridgehead atoms. The van der Waals surface area contributed by atoms with E-state index in [0.717, 1.165) is 5.19 Å². The third-order valence-electron chi connectivity index (χ3n) is 2.54. The maximum Gasteiger partial charge on any atom is 0.540 e. The van der Waals surface area contributed by atoms with Crippen molar-refractivity contribution >= 4 is 14.0 Å². The second kappa shape index (κ2) is 6.01.